The van der Waals surface area contributed by atoms with Crippen molar-refractivity contribution >= 4 is 25.7 Å². The van der Waals surface area contributed by atoms with Crippen LogP contribution < -0.4 is 0 Å². The summed E-state index contributed by atoms with van der Waals surface area (Å²) in [5, 5.41) is 9.85. The van der Waals surface area contributed by atoms with Crippen molar-refractivity contribution in [3.05, 3.63) is 24.3 Å². The van der Waals surface area contributed by atoms with E-state index in [0.717, 1.165) is 83.5 Å². The molecule has 0 saturated heterocycles. The molecule has 2 N–H and O–H groups in total. The number of ether oxygens (including phenoxy) is 3. The van der Waals surface area contributed by atoms with Gasteiger partial charge in [-0.25, -0.2) is 4.57 Å². The molecule has 0 aromatic carbocycles. The number of phosphoric acid groups is 1. The van der Waals surface area contributed by atoms with Gasteiger partial charge in [0.05, 0.1) is 19.8 Å². The highest BCUT2D eigenvalue weighted by Crippen LogP contribution is 2.43. The minimum Gasteiger partial charge on any atom is -0.462 e. The molecule has 0 amide bonds. The summed E-state index contributed by atoms with van der Waals surface area (Å²) >= 11 is 0. The van der Waals surface area contributed by atoms with Crippen LogP contribution in [0.5, 0.6) is 0 Å². The number of hydrogen-bond acceptors (Lipinski definition) is 10. The number of carbonyl (C=O) groups is 3. The third kappa shape index (κ3) is 58.6. The molecule has 0 saturated carbocycles. The SMILES string of the molecule is CCCCCCCC/C=C\CCCCCCCCCC(=O)OC(COC(=O)CCCCCCCCCCCCCCCCCCCCC)COP(=O)(O)OCC(CO)OC(=O)CCCCCCC/C=C\CCCCCCCC. The van der Waals surface area contributed by atoms with E-state index in [1.807, 2.05) is 0 Å². The van der Waals surface area contributed by atoms with Gasteiger partial charge in [-0.3, -0.25) is 23.4 Å². The molecule has 3 atom stereocenters. The molecule has 0 radical (unpaired) electrons. The maximum Gasteiger partial charge on any atom is 0.472 e. The highest BCUT2D eigenvalue weighted by atomic mass is 31.2. The van der Waals surface area contributed by atoms with Crippen molar-refractivity contribution in [1.82, 2.24) is 0 Å². The molecule has 0 aliphatic rings. The van der Waals surface area contributed by atoms with Crippen molar-refractivity contribution < 1.29 is 52.2 Å². The van der Waals surface area contributed by atoms with Gasteiger partial charge in [0.25, 0.3) is 0 Å². The Morgan fingerprint density at radius 2 is 0.590 bits per heavy atom. The van der Waals surface area contributed by atoms with Gasteiger partial charge in [0.2, 0.25) is 0 Å². The Balaban J connectivity index is 4.65. The highest BCUT2D eigenvalue weighted by Gasteiger charge is 2.28. The zero-order valence-electron chi connectivity index (χ0n) is 51.2. The Labute approximate surface area is 480 Å². The molecule has 0 heterocycles. The topological polar surface area (TPSA) is 155 Å². The summed E-state index contributed by atoms with van der Waals surface area (Å²) in [7, 11) is -4.75. The van der Waals surface area contributed by atoms with Crippen LogP contribution in [-0.4, -0.2) is 66.5 Å². The van der Waals surface area contributed by atoms with E-state index in [4.69, 9.17) is 23.3 Å². The van der Waals surface area contributed by atoms with E-state index >= 15 is 0 Å². The number of hydrogen-bond donors (Lipinski definition) is 2. The van der Waals surface area contributed by atoms with Crippen LogP contribution in [0.4, 0.5) is 0 Å². The summed E-state index contributed by atoms with van der Waals surface area (Å²) in [4.78, 5) is 48.8. The third-order valence-corrected chi connectivity index (χ3v) is 15.8. The third-order valence-electron chi connectivity index (χ3n) is 14.8. The zero-order valence-corrected chi connectivity index (χ0v) is 52.1. The van der Waals surface area contributed by atoms with Gasteiger partial charge in [0.15, 0.2) is 6.10 Å². The fourth-order valence-corrected chi connectivity index (χ4v) is 10.5. The molecule has 0 bridgehead atoms. The van der Waals surface area contributed by atoms with E-state index in [1.54, 1.807) is 0 Å². The minimum absolute atomic E-state index is 0.168. The Morgan fingerprint density at radius 3 is 0.885 bits per heavy atom. The first-order valence-corrected chi connectivity index (χ1v) is 34.7. The maximum absolute atomic E-state index is 13.0. The van der Waals surface area contributed by atoms with Gasteiger partial charge in [0.1, 0.15) is 12.7 Å². The summed E-state index contributed by atoms with van der Waals surface area (Å²) in [6.07, 6.45) is 64.1. The predicted molar refractivity (Wildman–Crippen MR) is 326 cm³/mol. The van der Waals surface area contributed by atoms with E-state index in [0.29, 0.717) is 19.3 Å². The van der Waals surface area contributed by atoms with E-state index in [2.05, 4.69) is 45.1 Å². The van der Waals surface area contributed by atoms with Crippen LogP contribution in [0.2, 0.25) is 0 Å². The lowest BCUT2D eigenvalue weighted by molar-refractivity contribution is -0.161. The minimum atomic E-state index is -4.75. The molecule has 12 heteroatoms. The van der Waals surface area contributed by atoms with Crippen LogP contribution in [0.25, 0.3) is 0 Å². The number of aliphatic hydroxyl groups excluding tert-OH is 1. The van der Waals surface area contributed by atoms with Gasteiger partial charge in [-0.05, 0) is 70.6 Å². The molecule has 78 heavy (non-hydrogen) atoms. The molecular formula is C66H125O11P. The van der Waals surface area contributed by atoms with Gasteiger partial charge in [-0.15, -0.1) is 0 Å². The van der Waals surface area contributed by atoms with E-state index in [-0.39, 0.29) is 25.9 Å². The summed E-state index contributed by atoms with van der Waals surface area (Å²) < 4.78 is 39.7. The first kappa shape index (κ1) is 76.0. The zero-order chi connectivity index (χ0) is 56.9. The molecule has 0 aliphatic heterocycles. The van der Waals surface area contributed by atoms with Gasteiger partial charge in [0, 0.05) is 19.3 Å². The van der Waals surface area contributed by atoms with Crippen molar-refractivity contribution in [2.24, 2.45) is 0 Å². The van der Waals surface area contributed by atoms with Crippen molar-refractivity contribution in [1.29, 1.82) is 0 Å². The van der Waals surface area contributed by atoms with Crippen LogP contribution in [0.1, 0.15) is 342 Å². The molecule has 0 aromatic heterocycles. The Morgan fingerprint density at radius 1 is 0.346 bits per heavy atom. The van der Waals surface area contributed by atoms with Crippen molar-refractivity contribution in [3.63, 3.8) is 0 Å². The second-order valence-corrected chi connectivity index (χ2v) is 24.1. The van der Waals surface area contributed by atoms with Crippen molar-refractivity contribution in [3.8, 4) is 0 Å². The average molecular weight is 1130 g/mol. The Hall–Kier alpha value is -2.04. The number of allylic oxidation sites excluding steroid dienone is 4. The molecule has 0 aromatic rings. The maximum atomic E-state index is 13.0. The normalized spacial score (nSPS) is 13.3. The quantitative estimate of drug-likeness (QED) is 0.0197. The van der Waals surface area contributed by atoms with Crippen LogP contribution in [0, 0.1) is 0 Å². The molecule has 3 unspecified atom stereocenters. The Bertz CT molecular complexity index is 1400. The summed E-state index contributed by atoms with van der Waals surface area (Å²) in [5.41, 5.74) is 0. The molecular weight excluding hydrogens is 1000 g/mol. The van der Waals surface area contributed by atoms with Gasteiger partial charge in [-0.1, -0.05) is 276 Å². The summed E-state index contributed by atoms with van der Waals surface area (Å²) in [6.45, 7) is 4.71. The van der Waals surface area contributed by atoms with Crippen LogP contribution >= 0.6 is 7.82 Å². The highest BCUT2D eigenvalue weighted by molar-refractivity contribution is 7.47. The van der Waals surface area contributed by atoms with Crippen LogP contribution in [-0.2, 0) is 42.2 Å². The molecule has 0 aliphatic carbocycles. The first-order valence-electron chi connectivity index (χ1n) is 33.2. The predicted octanol–water partition coefficient (Wildman–Crippen LogP) is 20.2. The standard InChI is InChI=1S/C66H125O11P/c1-4-7-10-13-16-19-22-25-28-30-31-33-35-37-40-43-46-49-52-55-64(68)73-59-63(77-66(70)57-54-51-48-45-42-39-36-32-29-26-23-20-17-14-11-8-5-2)61-75-78(71,72)74-60-62(58-67)76-65(69)56-53-50-47-44-41-38-34-27-24-21-18-15-12-9-6-3/h26-27,29,34,62-63,67H,4-25,28,30-33,35-61H2,1-3H3,(H,71,72)/b29-26-,34-27-. The lowest BCUT2D eigenvalue weighted by Crippen LogP contribution is -2.30. The molecule has 460 valence electrons. The number of carbonyl (C=O) groups excluding carboxylic acids is 3. The fraction of sp³-hybridized carbons (Fsp3) is 0.894. The molecule has 0 spiro atoms. The van der Waals surface area contributed by atoms with Crippen molar-refractivity contribution in [2.45, 2.75) is 354 Å². The average Bonchev–Trinajstić information content (AvgIpc) is 3.43. The van der Waals surface area contributed by atoms with Gasteiger partial charge >= 0.3 is 25.7 Å². The number of esters is 3. The number of unbranched alkanes of at least 4 members (excludes halogenated alkanes) is 42. The summed E-state index contributed by atoms with van der Waals surface area (Å²) in [5.74, 6) is -1.45. The lowest BCUT2D eigenvalue weighted by Gasteiger charge is -2.21. The second-order valence-electron chi connectivity index (χ2n) is 22.6. The number of aliphatic hydroxyl groups is 1. The van der Waals surface area contributed by atoms with E-state index in [9.17, 15) is 28.9 Å². The van der Waals surface area contributed by atoms with E-state index in [1.165, 1.54) is 199 Å². The fourth-order valence-electron chi connectivity index (χ4n) is 9.76. The van der Waals surface area contributed by atoms with Crippen LogP contribution in [0.3, 0.4) is 0 Å². The number of phosphoric ester groups is 1. The largest absolute Gasteiger partial charge is 0.472 e. The Kier molecular flexibility index (Phi) is 59.4. The molecule has 0 rings (SSSR count). The van der Waals surface area contributed by atoms with Crippen LogP contribution in [0.15, 0.2) is 24.3 Å². The summed E-state index contributed by atoms with van der Waals surface area (Å²) in [6, 6.07) is 0. The van der Waals surface area contributed by atoms with Crippen molar-refractivity contribution in [2.75, 3.05) is 26.4 Å². The number of rotatable bonds is 63. The lowest BCUT2D eigenvalue weighted by atomic mass is 10.0. The first-order chi connectivity index (χ1) is 38.2. The molecule has 11 nitrogen and oxygen atoms in total. The van der Waals surface area contributed by atoms with Gasteiger partial charge < -0.3 is 24.2 Å². The van der Waals surface area contributed by atoms with Gasteiger partial charge in [-0.2, -0.15) is 0 Å². The second kappa shape index (κ2) is 61.0. The monoisotopic (exact) mass is 1120 g/mol. The van der Waals surface area contributed by atoms with E-state index < -0.39 is 57.8 Å². The smallest absolute Gasteiger partial charge is 0.462 e. The molecule has 0 fully saturated rings.